The predicted molar refractivity (Wildman–Crippen MR) is 76.4 cm³/mol. The second-order valence-electron chi connectivity index (χ2n) is 5.90. The van der Waals surface area contributed by atoms with E-state index in [0.717, 1.165) is 11.6 Å². The molecular weight excluding hydrogens is 220 g/mol. The molecule has 1 unspecified atom stereocenters. The Labute approximate surface area is 110 Å². The molecule has 1 aliphatic heterocycles. The molecule has 3 rings (SSSR count). The summed E-state index contributed by atoms with van der Waals surface area (Å²) in [7, 11) is 0. The van der Waals surface area contributed by atoms with Gasteiger partial charge < -0.3 is 5.73 Å². The maximum absolute atomic E-state index is 5.81. The quantitative estimate of drug-likeness (QED) is 0.823. The number of nitrogens with two attached hydrogens (primary N) is 1. The SMILES string of the molecule is Nc1ccc(C(C2CC2)N2CCCCCC2)cc1. The van der Waals surface area contributed by atoms with Crippen LogP contribution in [0.15, 0.2) is 24.3 Å². The Bertz CT molecular complexity index is 373. The Morgan fingerprint density at radius 1 is 0.944 bits per heavy atom. The van der Waals surface area contributed by atoms with E-state index in [1.54, 1.807) is 0 Å². The lowest BCUT2D eigenvalue weighted by atomic mass is 10.00. The Balaban J connectivity index is 1.80. The highest BCUT2D eigenvalue weighted by molar-refractivity contribution is 5.40. The van der Waals surface area contributed by atoms with E-state index in [2.05, 4.69) is 29.2 Å². The molecule has 1 aromatic carbocycles. The van der Waals surface area contributed by atoms with Gasteiger partial charge in [0.05, 0.1) is 0 Å². The van der Waals surface area contributed by atoms with Gasteiger partial charge in [0.1, 0.15) is 0 Å². The van der Waals surface area contributed by atoms with Crippen LogP contribution < -0.4 is 5.73 Å². The summed E-state index contributed by atoms with van der Waals surface area (Å²) in [6.07, 6.45) is 8.39. The van der Waals surface area contributed by atoms with E-state index in [0.29, 0.717) is 6.04 Å². The zero-order valence-electron chi connectivity index (χ0n) is 11.1. The van der Waals surface area contributed by atoms with Crippen molar-refractivity contribution in [1.82, 2.24) is 4.90 Å². The van der Waals surface area contributed by atoms with Crippen molar-refractivity contribution in [1.29, 1.82) is 0 Å². The summed E-state index contributed by atoms with van der Waals surface area (Å²) in [6, 6.07) is 9.25. The first-order valence-electron chi connectivity index (χ1n) is 7.44. The van der Waals surface area contributed by atoms with Gasteiger partial charge in [-0.05, 0) is 62.4 Å². The van der Waals surface area contributed by atoms with Crippen LogP contribution in [0.4, 0.5) is 5.69 Å². The number of nitrogen functional groups attached to an aromatic ring is 1. The van der Waals surface area contributed by atoms with Gasteiger partial charge in [0.25, 0.3) is 0 Å². The Hall–Kier alpha value is -1.02. The molecule has 2 N–H and O–H groups in total. The van der Waals surface area contributed by atoms with Crippen molar-refractivity contribution in [2.45, 2.75) is 44.6 Å². The molecule has 0 amide bonds. The van der Waals surface area contributed by atoms with Crippen molar-refractivity contribution in [2.75, 3.05) is 18.8 Å². The summed E-state index contributed by atoms with van der Waals surface area (Å²) >= 11 is 0. The molecule has 0 aromatic heterocycles. The van der Waals surface area contributed by atoms with Crippen molar-refractivity contribution in [3.8, 4) is 0 Å². The van der Waals surface area contributed by atoms with Crippen LogP contribution in [0.1, 0.15) is 50.1 Å². The molecule has 2 fully saturated rings. The lowest BCUT2D eigenvalue weighted by Crippen LogP contribution is -2.31. The van der Waals surface area contributed by atoms with Crippen molar-refractivity contribution < 1.29 is 0 Å². The van der Waals surface area contributed by atoms with Gasteiger partial charge in [-0.1, -0.05) is 25.0 Å². The minimum absolute atomic E-state index is 0.656. The standard InChI is InChI=1S/C16H24N2/c17-15-9-7-14(8-10-15)16(13-5-6-13)18-11-3-1-2-4-12-18/h7-10,13,16H,1-6,11-12,17H2. The summed E-state index contributed by atoms with van der Waals surface area (Å²) in [5, 5.41) is 0. The van der Waals surface area contributed by atoms with Crippen molar-refractivity contribution in [3.63, 3.8) is 0 Å². The monoisotopic (exact) mass is 244 g/mol. The molecule has 2 nitrogen and oxygen atoms in total. The molecule has 2 aliphatic rings. The van der Waals surface area contributed by atoms with Crippen molar-refractivity contribution >= 4 is 5.69 Å². The number of hydrogen-bond donors (Lipinski definition) is 1. The average Bonchev–Trinajstić information content (AvgIpc) is 3.20. The molecule has 1 saturated carbocycles. The number of nitrogens with zero attached hydrogens (tertiary/aromatic N) is 1. The highest BCUT2D eigenvalue weighted by atomic mass is 15.2. The van der Waals surface area contributed by atoms with Gasteiger partial charge in [-0.3, -0.25) is 4.90 Å². The number of rotatable bonds is 3. The van der Waals surface area contributed by atoms with Gasteiger partial charge >= 0.3 is 0 Å². The summed E-state index contributed by atoms with van der Waals surface area (Å²) in [5.74, 6) is 0.895. The molecular formula is C16H24N2. The maximum atomic E-state index is 5.81. The lowest BCUT2D eigenvalue weighted by molar-refractivity contribution is 0.184. The van der Waals surface area contributed by atoms with Crippen LogP contribution >= 0.6 is 0 Å². The van der Waals surface area contributed by atoms with E-state index in [1.165, 1.54) is 57.2 Å². The van der Waals surface area contributed by atoms with Crippen molar-refractivity contribution in [3.05, 3.63) is 29.8 Å². The average molecular weight is 244 g/mol. The number of anilines is 1. The van der Waals surface area contributed by atoms with Crippen LogP contribution in [0.5, 0.6) is 0 Å². The molecule has 18 heavy (non-hydrogen) atoms. The van der Waals surface area contributed by atoms with Gasteiger partial charge in [0, 0.05) is 11.7 Å². The zero-order valence-corrected chi connectivity index (χ0v) is 11.1. The van der Waals surface area contributed by atoms with Crippen molar-refractivity contribution in [2.24, 2.45) is 5.92 Å². The largest absolute Gasteiger partial charge is 0.399 e. The lowest BCUT2D eigenvalue weighted by Gasteiger charge is -2.31. The zero-order chi connectivity index (χ0) is 12.4. The van der Waals surface area contributed by atoms with Gasteiger partial charge in [0.2, 0.25) is 0 Å². The molecule has 1 heterocycles. The molecule has 0 spiro atoms. The van der Waals surface area contributed by atoms with Gasteiger partial charge in [-0.2, -0.15) is 0 Å². The van der Waals surface area contributed by atoms with E-state index in [9.17, 15) is 0 Å². The molecule has 1 saturated heterocycles. The van der Waals surface area contributed by atoms with Crippen LogP contribution in [0.25, 0.3) is 0 Å². The van der Waals surface area contributed by atoms with Crippen LogP contribution in [0.3, 0.4) is 0 Å². The molecule has 98 valence electrons. The molecule has 1 aliphatic carbocycles. The van der Waals surface area contributed by atoms with E-state index >= 15 is 0 Å². The Morgan fingerprint density at radius 3 is 2.11 bits per heavy atom. The first kappa shape index (κ1) is 12.0. The fourth-order valence-electron chi connectivity index (χ4n) is 3.26. The summed E-state index contributed by atoms with van der Waals surface area (Å²) in [6.45, 7) is 2.57. The first-order chi connectivity index (χ1) is 8.84. The third-order valence-corrected chi connectivity index (χ3v) is 4.38. The molecule has 0 radical (unpaired) electrons. The fourth-order valence-corrected chi connectivity index (χ4v) is 3.26. The third-order valence-electron chi connectivity index (χ3n) is 4.38. The van der Waals surface area contributed by atoms with Crippen LogP contribution in [0.2, 0.25) is 0 Å². The second-order valence-corrected chi connectivity index (χ2v) is 5.90. The summed E-state index contributed by atoms with van der Waals surface area (Å²) in [5.41, 5.74) is 8.17. The van der Waals surface area contributed by atoms with Gasteiger partial charge in [-0.15, -0.1) is 0 Å². The van der Waals surface area contributed by atoms with E-state index in [4.69, 9.17) is 5.73 Å². The van der Waals surface area contributed by atoms with Gasteiger partial charge in [0.15, 0.2) is 0 Å². The smallest absolute Gasteiger partial charge is 0.0376 e. The molecule has 0 bridgehead atoms. The molecule has 1 atom stereocenters. The normalized spacial score (nSPS) is 23.6. The highest BCUT2D eigenvalue weighted by Crippen LogP contribution is 2.45. The highest BCUT2D eigenvalue weighted by Gasteiger charge is 2.36. The Morgan fingerprint density at radius 2 is 1.56 bits per heavy atom. The third kappa shape index (κ3) is 2.69. The maximum Gasteiger partial charge on any atom is 0.0376 e. The number of hydrogen-bond acceptors (Lipinski definition) is 2. The first-order valence-corrected chi connectivity index (χ1v) is 7.44. The van der Waals surface area contributed by atoms with E-state index < -0.39 is 0 Å². The van der Waals surface area contributed by atoms with Crippen LogP contribution in [-0.4, -0.2) is 18.0 Å². The topological polar surface area (TPSA) is 29.3 Å². The summed E-state index contributed by atoms with van der Waals surface area (Å²) < 4.78 is 0. The molecule has 1 aromatic rings. The van der Waals surface area contributed by atoms with Gasteiger partial charge in [-0.25, -0.2) is 0 Å². The second kappa shape index (κ2) is 5.31. The number of benzene rings is 1. The molecule has 2 heteroatoms. The number of likely N-dealkylation sites (tertiary alicyclic amines) is 1. The predicted octanol–water partition coefficient (Wildman–Crippen LogP) is 3.60. The van der Waals surface area contributed by atoms with E-state index in [1.807, 2.05) is 0 Å². The fraction of sp³-hybridized carbons (Fsp3) is 0.625. The van der Waals surface area contributed by atoms with Crippen LogP contribution in [-0.2, 0) is 0 Å². The minimum atomic E-state index is 0.656. The summed E-state index contributed by atoms with van der Waals surface area (Å²) in [4.78, 5) is 2.73. The Kier molecular flexibility index (Phi) is 3.55. The van der Waals surface area contributed by atoms with E-state index in [-0.39, 0.29) is 0 Å². The van der Waals surface area contributed by atoms with Crippen LogP contribution in [0, 0.1) is 5.92 Å². The minimum Gasteiger partial charge on any atom is -0.399 e.